The molecule has 1 N–H and O–H groups in total. The quantitative estimate of drug-likeness (QED) is 0.715. The first-order chi connectivity index (χ1) is 7.45. The van der Waals surface area contributed by atoms with E-state index in [0.717, 1.165) is 6.42 Å². The smallest absolute Gasteiger partial charge is 0.243 e. The van der Waals surface area contributed by atoms with Crippen molar-refractivity contribution in [3.8, 4) is 0 Å². The van der Waals surface area contributed by atoms with Crippen LogP contribution in [0, 0.1) is 11.3 Å². The Morgan fingerprint density at radius 1 is 1.25 bits per heavy atom. The molecule has 0 saturated heterocycles. The highest BCUT2D eigenvalue weighted by atomic mass is 16.1. The number of amides is 1. The summed E-state index contributed by atoms with van der Waals surface area (Å²) in [5, 5.41) is 3.15. The van der Waals surface area contributed by atoms with Gasteiger partial charge in [-0.05, 0) is 37.2 Å². The van der Waals surface area contributed by atoms with Gasteiger partial charge >= 0.3 is 0 Å². The van der Waals surface area contributed by atoms with Crippen LogP contribution in [0.25, 0.3) is 0 Å². The highest BCUT2D eigenvalue weighted by Crippen LogP contribution is 2.37. The molecule has 2 nitrogen and oxygen atoms in total. The second-order valence-corrected chi connectivity index (χ2v) is 5.87. The third kappa shape index (κ3) is 3.66. The lowest BCUT2D eigenvalue weighted by atomic mass is 9.69. The molecule has 0 aromatic carbocycles. The van der Waals surface area contributed by atoms with Crippen LogP contribution in [0.4, 0.5) is 0 Å². The van der Waals surface area contributed by atoms with Gasteiger partial charge in [-0.3, -0.25) is 4.79 Å². The van der Waals surface area contributed by atoms with Crippen LogP contribution in [0.15, 0.2) is 12.2 Å². The summed E-state index contributed by atoms with van der Waals surface area (Å²) in [5.41, 5.74) is 0.286. The summed E-state index contributed by atoms with van der Waals surface area (Å²) < 4.78 is 0. The molecule has 0 spiro atoms. The Hall–Kier alpha value is -0.790. The Labute approximate surface area is 99.5 Å². The SMILES string of the molecule is CC=CC(=O)NC1CCCCC1C(C)(C)C. The van der Waals surface area contributed by atoms with Crippen LogP contribution >= 0.6 is 0 Å². The fourth-order valence-electron chi connectivity index (χ4n) is 2.72. The molecule has 1 saturated carbocycles. The second-order valence-electron chi connectivity index (χ2n) is 5.87. The summed E-state index contributed by atoms with van der Waals surface area (Å²) in [6, 6.07) is 0.359. The Balaban J connectivity index is 2.64. The van der Waals surface area contributed by atoms with Crippen LogP contribution in [0.2, 0.25) is 0 Å². The molecule has 1 fully saturated rings. The van der Waals surface area contributed by atoms with Gasteiger partial charge in [-0.2, -0.15) is 0 Å². The zero-order valence-corrected chi connectivity index (χ0v) is 11.0. The molecule has 16 heavy (non-hydrogen) atoms. The molecule has 2 atom stereocenters. The highest BCUT2D eigenvalue weighted by Gasteiger charge is 2.34. The summed E-state index contributed by atoms with van der Waals surface area (Å²) in [5.74, 6) is 0.666. The van der Waals surface area contributed by atoms with E-state index in [2.05, 4.69) is 26.1 Å². The maximum atomic E-state index is 11.6. The van der Waals surface area contributed by atoms with Crippen molar-refractivity contribution in [2.75, 3.05) is 0 Å². The number of carbonyl (C=O) groups excluding carboxylic acids is 1. The summed E-state index contributed by atoms with van der Waals surface area (Å²) >= 11 is 0. The van der Waals surface area contributed by atoms with Gasteiger partial charge in [0.1, 0.15) is 0 Å². The molecular weight excluding hydrogens is 198 g/mol. The minimum Gasteiger partial charge on any atom is -0.350 e. The lowest BCUT2D eigenvalue weighted by Gasteiger charge is -2.40. The fourth-order valence-corrected chi connectivity index (χ4v) is 2.72. The molecular formula is C14H25NO. The van der Waals surface area contributed by atoms with Gasteiger partial charge in [0.25, 0.3) is 0 Å². The summed E-state index contributed by atoms with van der Waals surface area (Å²) in [7, 11) is 0. The third-order valence-corrected chi connectivity index (χ3v) is 3.52. The number of carbonyl (C=O) groups is 1. The van der Waals surface area contributed by atoms with E-state index in [-0.39, 0.29) is 11.3 Å². The number of allylic oxidation sites excluding steroid dienone is 1. The minimum atomic E-state index is 0.0589. The molecule has 0 heterocycles. The number of rotatable bonds is 2. The van der Waals surface area contributed by atoms with Crippen molar-refractivity contribution in [3.63, 3.8) is 0 Å². The van der Waals surface area contributed by atoms with Crippen molar-refractivity contribution in [1.82, 2.24) is 5.32 Å². The topological polar surface area (TPSA) is 29.1 Å². The normalized spacial score (nSPS) is 27.0. The van der Waals surface area contributed by atoms with Crippen molar-refractivity contribution in [2.45, 2.75) is 59.4 Å². The van der Waals surface area contributed by atoms with Gasteiger partial charge in [-0.1, -0.05) is 39.7 Å². The van der Waals surface area contributed by atoms with E-state index in [1.54, 1.807) is 12.2 Å². The number of hydrogen-bond acceptors (Lipinski definition) is 1. The molecule has 0 radical (unpaired) electrons. The lowest BCUT2D eigenvalue weighted by molar-refractivity contribution is -0.118. The van der Waals surface area contributed by atoms with Gasteiger partial charge < -0.3 is 5.32 Å². The van der Waals surface area contributed by atoms with Crippen molar-refractivity contribution < 1.29 is 4.79 Å². The van der Waals surface area contributed by atoms with Crippen molar-refractivity contribution in [2.24, 2.45) is 11.3 Å². The molecule has 1 amide bonds. The molecule has 2 unspecified atom stereocenters. The van der Waals surface area contributed by atoms with Crippen LogP contribution < -0.4 is 5.32 Å². The van der Waals surface area contributed by atoms with Crippen LogP contribution in [-0.4, -0.2) is 11.9 Å². The molecule has 1 aliphatic rings. The molecule has 2 heteroatoms. The number of nitrogens with one attached hydrogen (secondary N) is 1. The van der Waals surface area contributed by atoms with Crippen molar-refractivity contribution in [1.29, 1.82) is 0 Å². The number of hydrogen-bond donors (Lipinski definition) is 1. The van der Waals surface area contributed by atoms with E-state index < -0.39 is 0 Å². The molecule has 92 valence electrons. The molecule has 0 aromatic rings. The Bertz CT molecular complexity index is 262. The largest absolute Gasteiger partial charge is 0.350 e. The molecule has 0 aliphatic heterocycles. The maximum absolute atomic E-state index is 11.6. The van der Waals surface area contributed by atoms with Gasteiger partial charge in [-0.25, -0.2) is 0 Å². The average molecular weight is 223 g/mol. The summed E-state index contributed by atoms with van der Waals surface area (Å²) in [6.07, 6.45) is 8.33. The van der Waals surface area contributed by atoms with Gasteiger partial charge in [0, 0.05) is 6.04 Å². The average Bonchev–Trinajstić information content (AvgIpc) is 2.17. The van der Waals surface area contributed by atoms with Crippen LogP contribution in [0.3, 0.4) is 0 Å². The van der Waals surface area contributed by atoms with E-state index in [9.17, 15) is 4.79 Å². The van der Waals surface area contributed by atoms with Gasteiger partial charge in [0.05, 0.1) is 0 Å². The zero-order valence-electron chi connectivity index (χ0n) is 11.0. The first-order valence-corrected chi connectivity index (χ1v) is 6.38. The van der Waals surface area contributed by atoms with E-state index >= 15 is 0 Å². The first-order valence-electron chi connectivity index (χ1n) is 6.38. The predicted octanol–water partition coefficient (Wildman–Crippen LogP) is 3.28. The van der Waals surface area contributed by atoms with Crippen LogP contribution in [0.5, 0.6) is 0 Å². The maximum Gasteiger partial charge on any atom is 0.243 e. The lowest BCUT2D eigenvalue weighted by Crippen LogP contribution is -2.46. The molecule has 0 aromatic heterocycles. The van der Waals surface area contributed by atoms with Crippen molar-refractivity contribution in [3.05, 3.63) is 12.2 Å². The Morgan fingerprint density at radius 2 is 1.88 bits per heavy atom. The van der Waals surface area contributed by atoms with E-state index in [4.69, 9.17) is 0 Å². The van der Waals surface area contributed by atoms with Crippen molar-refractivity contribution >= 4 is 5.91 Å². The molecule has 1 aliphatic carbocycles. The zero-order chi connectivity index (χ0) is 12.2. The standard InChI is InChI=1S/C14H25NO/c1-5-8-13(16)15-12-10-7-6-9-11(12)14(2,3)4/h5,8,11-12H,6-7,9-10H2,1-4H3,(H,15,16). The monoisotopic (exact) mass is 223 g/mol. The van der Waals surface area contributed by atoms with Crippen LogP contribution in [-0.2, 0) is 4.79 Å². The van der Waals surface area contributed by atoms with Crippen LogP contribution in [0.1, 0.15) is 53.4 Å². The van der Waals surface area contributed by atoms with E-state index in [1.165, 1.54) is 19.3 Å². The molecule has 0 bridgehead atoms. The Morgan fingerprint density at radius 3 is 2.44 bits per heavy atom. The second kappa shape index (κ2) is 5.51. The Kier molecular flexibility index (Phi) is 4.57. The van der Waals surface area contributed by atoms with E-state index in [0.29, 0.717) is 12.0 Å². The van der Waals surface area contributed by atoms with Gasteiger partial charge in [-0.15, -0.1) is 0 Å². The summed E-state index contributed by atoms with van der Waals surface area (Å²) in [6.45, 7) is 8.70. The summed E-state index contributed by atoms with van der Waals surface area (Å²) in [4.78, 5) is 11.6. The first kappa shape index (κ1) is 13.3. The van der Waals surface area contributed by atoms with Gasteiger partial charge in [0.15, 0.2) is 0 Å². The molecule has 1 rings (SSSR count). The van der Waals surface area contributed by atoms with Gasteiger partial charge in [0.2, 0.25) is 5.91 Å². The fraction of sp³-hybridized carbons (Fsp3) is 0.786. The van der Waals surface area contributed by atoms with E-state index in [1.807, 2.05) is 6.92 Å². The minimum absolute atomic E-state index is 0.0589. The predicted molar refractivity (Wildman–Crippen MR) is 68.2 cm³/mol. The third-order valence-electron chi connectivity index (χ3n) is 3.52. The highest BCUT2D eigenvalue weighted by molar-refractivity contribution is 5.87.